The number of hydrogen-bond donors (Lipinski definition) is 2. The van der Waals surface area contributed by atoms with Crippen molar-refractivity contribution in [2.75, 3.05) is 11.9 Å². The van der Waals surface area contributed by atoms with Crippen molar-refractivity contribution >= 4 is 11.7 Å². The second-order valence-electron chi connectivity index (χ2n) is 6.65. The first-order valence-corrected chi connectivity index (χ1v) is 8.68. The summed E-state index contributed by atoms with van der Waals surface area (Å²) >= 11 is 0. The number of ether oxygens (including phenoxy) is 1. The standard InChI is InChI=1S/C18H25N5O2/c1-11(2)25-17-14(7-5-9-19-17)20-18(24)23-10-6-8-15(23)16-12(3)21-22-13(16)4/h5,7,9,11,15H,6,8,10H2,1-4H3,(H,20,24)(H,21,22). The molecule has 0 bridgehead atoms. The maximum absolute atomic E-state index is 12.9. The number of nitrogens with zero attached hydrogens (tertiary/aromatic N) is 3. The fourth-order valence-electron chi connectivity index (χ4n) is 3.35. The van der Waals surface area contributed by atoms with Crippen molar-refractivity contribution in [3.8, 4) is 5.88 Å². The van der Waals surface area contributed by atoms with E-state index in [9.17, 15) is 4.79 Å². The summed E-state index contributed by atoms with van der Waals surface area (Å²) in [6, 6.07) is 3.51. The molecule has 1 aliphatic rings. The average Bonchev–Trinajstić information content (AvgIpc) is 3.15. The van der Waals surface area contributed by atoms with Crippen LogP contribution in [0.15, 0.2) is 18.3 Å². The van der Waals surface area contributed by atoms with Gasteiger partial charge in [0.1, 0.15) is 5.69 Å². The minimum absolute atomic E-state index is 0.0127. The van der Waals surface area contributed by atoms with Gasteiger partial charge in [0.15, 0.2) is 0 Å². The van der Waals surface area contributed by atoms with E-state index in [0.717, 1.165) is 36.3 Å². The van der Waals surface area contributed by atoms with E-state index in [1.807, 2.05) is 38.7 Å². The molecule has 3 rings (SSSR count). The molecule has 0 spiro atoms. The quantitative estimate of drug-likeness (QED) is 0.889. The summed E-state index contributed by atoms with van der Waals surface area (Å²) in [4.78, 5) is 19.0. The number of carbonyl (C=O) groups excluding carboxylic acids is 1. The Morgan fingerprint density at radius 1 is 1.44 bits per heavy atom. The van der Waals surface area contributed by atoms with Crippen LogP contribution in [0.25, 0.3) is 0 Å². The lowest BCUT2D eigenvalue weighted by Gasteiger charge is -2.26. The van der Waals surface area contributed by atoms with Crippen LogP contribution in [0.5, 0.6) is 5.88 Å². The molecule has 2 aromatic rings. The molecule has 1 fully saturated rings. The molecule has 1 atom stereocenters. The number of anilines is 1. The first-order valence-electron chi connectivity index (χ1n) is 8.68. The molecular formula is C18H25N5O2. The molecule has 0 aromatic carbocycles. The van der Waals surface area contributed by atoms with Gasteiger partial charge in [-0.1, -0.05) is 0 Å². The van der Waals surface area contributed by atoms with Gasteiger partial charge in [-0.05, 0) is 52.7 Å². The van der Waals surface area contributed by atoms with E-state index in [0.29, 0.717) is 11.6 Å². The third kappa shape index (κ3) is 3.60. The van der Waals surface area contributed by atoms with Crippen molar-refractivity contribution in [3.63, 3.8) is 0 Å². The van der Waals surface area contributed by atoms with Crippen LogP contribution in [-0.2, 0) is 0 Å². The van der Waals surface area contributed by atoms with Gasteiger partial charge < -0.3 is 15.0 Å². The molecule has 134 valence electrons. The van der Waals surface area contributed by atoms with E-state index in [2.05, 4.69) is 20.5 Å². The molecule has 7 heteroatoms. The topological polar surface area (TPSA) is 83.1 Å². The van der Waals surface area contributed by atoms with E-state index in [-0.39, 0.29) is 18.2 Å². The molecule has 0 aliphatic carbocycles. The maximum Gasteiger partial charge on any atom is 0.322 e. The Morgan fingerprint density at radius 3 is 2.92 bits per heavy atom. The van der Waals surface area contributed by atoms with Gasteiger partial charge in [-0.25, -0.2) is 9.78 Å². The molecule has 1 saturated heterocycles. The lowest BCUT2D eigenvalue weighted by Crippen LogP contribution is -2.35. The number of aromatic amines is 1. The molecule has 2 amide bonds. The predicted molar refractivity (Wildman–Crippen MR) is 95.8 cm³/mol. The fourth-order valence-corrected chi connectivity index (χ4v) is 3.35. The first kappa shape index (κ1) is 17.3. The molecule has 3 heterocycles. The molecule has 0 saturated carbocycles. The van der Waals surface area contributed by atoms with Crippen LogP contribution in [-0.4, -0.2) is 38.8 Å². The van der Waals surface area contributed by atoms with Crippen LogP contribution < -0.4 is 10.1 Å². The third-order valence-corrected chi connectivity index (χ3v) is 4.39. The van der Waals surface area contributed by atoms with E-state index < -0.39 is 0 Å². The highest BCUT2D eigenvalue weighted by atomic mass is 16.5. The van der Waals surface area contributed by atoms with Crippen molar-refractivity contribution in [1.29, 1.82) is 0 Å². The third-order valence-electron chi connectivity index (χ3n) is 4.39. The monoisotopic (exact) mass is 343 g/mol. The van der Waals surface area contributed by atoms with Crippen LogP contribution in [0.4, 0.5) is 10.5 Å². The van der Waals surface area contributed by atoms with Crippen LogP contribution >= 0.6 is 0 Å². The number of pyridine rings is 1. The van der Waals surface area contributed by atoms with E-state index in [4.69, 9.17) is 4.74 Å². The number of aryl methyl sites for hydroxylation is 2. The van der Waals surface area contributed by atoms with Gasteiger partial charge in [0.25, 0.3) is 0 Å². The molecule has 2 aromatic heterocycles. The number of hydrogen-bond acceptors (Lipinski definition) is 4. The summed E-state index contributed by atoms with van der Waals surface area (Å²) in [5, 5.41) is 10.2. The smallest absolute Gasteiger partial charge is 0.322 e. The Hall–Kier alpha value is -2.57. The normalized spacial score (nSPS) is 17.2. The Morgan fingerprint density at radius 2 is 2.24 bits per heavy atom. The van der Waals surface area contributed by atoms with Gasteiger partial charge in [0, 0.05) is 24.0 Å². The highest BCUT2D eigenvalue weighted by Crippen LogP contribution is 2.35. The SMILES string of the molecule is Cc1n[nH]c(C)c1C1CCCN1C(=O)Nc1cccnc1OC(C)C. The zero-order valence-corrected chi connectivity index (χ0v) is 15.2. The molecule has 2 N–H and O–H groups in total. The Balaban J connectivity index is 1.79. The predicted octanol–water partition coefficient (Wildman–Crippen LogP) is 3.58. The zero-order chi connectivity index (χ0) is 18.0. The largest absolute Gasteiger partial charge is 0.473 e. The Kier molecular flexibility index (Phi) is 4.92. The average molecular weight is 343 g/mol. The Labute approximate surface area is 147 Å². The minimum atomic E-state index is -0.135. The van der Waals surface area contributed by atoms with Crippen molar-refractivity contribution < 1.29 is 9.53 Å². The maximum atomic E-state index is 12.9. The molecule has 25 heavy (non-hydrogen) atoms. The van der Waals surface area contributed by atoms with Gasteiger partial charge in [-0.15, -0.1) is 0 Å². The molecular weight excluding hydrogens is 318 g/mol. The number of nitrogens with one attached hydrogen (secondary N) is 2. The lowest BCUT2D eigenvalue weighted by atomic mass is 10.0. The van der Waals surface area contributed by atoms with Gasteiger partial charge in [0.05, 0.1) is 17.8 Å². The molecule has 1 unspecified atom stereocenters. The van der Waals surface area contributed by atoms with Gasteiger partial charge >= 0.3 is 6.03 Å². The number of rotatable bonds is 4. The summed E-state index contributed by atoms with van der Waals surface area (Å²) in [6.45, 7) is 8.56. The summed E-state index contributed by atoms with van der Waals surface area (Å²) in [7, 11) is 0. The highest BCUT2D eigenvalue weighted by Gasteiger charge is 2.33. The number of urea groups is 1. The van der Waals surface area contributed by atoms with Crippen molar-refractivity contribution in [2.24, 2.45) is 0 Å². The number of likely N-dealkylation sites (tertiary alicyclic amines) is 1. The van der Waals surface area contributed by atoms with Gasteiger partial charge in [0.2, 0.25) is 5.88 Å². The van der Waals surface area contributed by atoms with Gasteiger partial charge in [-0.3, -0.25) is 5.10 Å². The van der Waals surface area contributed by atoms with Crippen LogP contribution in [0.2, 0.25) is 0 Å². The van der Waals surface area contributed by atoms with Crippen LogP contribution in [0.3, 0.4) is 0 Å². The van der Waals surface area contributed by atoms with Gasteiger partial charge in [-0.2, -0.15) is 5.10 Å². The number of aromatic nitrogens is 3. The summed E-state index contributed by atoms with van der Waals surface area (Å²) < 4.78 is 5.69. The number of carbonyl (C=O) groups is 1. The second-order valence-corrected chi connectivity index (χ2v) is 6.65. The van der Waals surface area contributed by atoms with Crippen molar-refractivity contribution in [2.45, 2.75) is 52.7 Å². The van der Waals surface area contributed by atoms with Crippen molar-refractivity contribution in [3.05, 3.63) is 35.3 Å². The second kappa shape index (κ2) is 7.13. The lowest BCUT2D eigenvalue weighted by molar-refractivity contribution is 0.206. The number of amides is 2. The summed E-state index contributed by atoms with van der Waals surface area (Å²) in [6.07, 6.45) is 3.56. The highest BCUT2D eigenvalue weighted by molar-refractivity contribution is 5.91. The Bertz CT molecular complexity index is 736. The van der Waals surface area contributed by atoms with E-state index >= 15 is 0 Å². The summed E-state index contributed by atoms with van der Waals surface area (Å²) in [5.41, 5.74) is 3.68. The number of H-pyrrole nitrogens is 1. The van der Waals surface area contributed by atoms with E-state index in [1.54, 1.807) is 12.3 Å². The molecule has 7 nitrogen and oxygen atoms in total. The molecule has 1 aliphatic heterocycles. The first-order chi connectivity index (χ1) is 12.0. The summed E-state index contributed by atoms with van der Waals surface area (Å²) in [5.74, 6) is 0.442. The fraction of sp³-hybridized carbons (Fsp3) is 0.500. The van der Waals surface area contributed by atoms with Crippen molar-refractivity contribution in [1.82, 2.24) is 20.1 Å². The van der Waals surface area contributed by atoms with Crippen LogP contribution in [0, 0.1) is 13.8 Å². The van der Waals surface area contributed by atoms with Crippen LogP contribution in [0.1, 0.15) is 49.7 Å². The minimum Gasteiger partial charge on any atom is -0.473 e. The molecule has 0 radical (unpaired) electrons. The zero-order valence-electron chi connectivity index (χ0n) is 15.2. The van der Waals surface area contributed by atoms with E-state index in [1.165, 1.54) is 0 Å².